The van der Waals surface area contributed by atoms with Crippen LogP contribution >= 0.6 is 7.14 Å². The highest BCUT2D eigenvalue weighted by molar-refractivity contribution is 7.85. The predicted octanol–water partition coefficient (Wildman–Crippen LogP) is 10.2. The molecule has 46 heavy (non-hydrogen) atoms. The lowest BCUT2D eigenvalue weighted by Gasteiger charge is -2.33. The normalized spacial score (nSPS) is 12.1. The van der Waals surface area contributed by atoms with Crippen LogP contribution in [0, 0.1) is 0 Å². The third kappa shape index (κ3) is 4.92. The Balaban J connectivity index is 1.20. The summed E-state index contributed by atoms with van der Waals surface area (Å²) in [4.78, 5) is 2.25. The molecule has 0 N–H and O–H groups in total. The summed E-state index contributed by atoms with van der Waals surface area (Å²) < 4.78 is 21.6. The molecule has 0 aromatic heterocycles. The molecule has 3 nitrogen and oxygen atoms in total. The van der Waals surface area contributed by atoms with E-state index >= 15 is 4.57 Å². The number of para-hydroxylation sites is 2. The quantitative estimate of drug-likeness (QED) is 0.175. The monoisotopic (exact) mass is 611 g/mol. The highest BCUT2D eigenvalue weighted by atomic mass is 31.2. The number of fused-ring (bicyclic) bond motifs is 2. The van der Waals surface area contributed by atoms with Crippen LogP contribution < -0.4 is 25.6 Å². The molecule has 0 bridgehead atoms. The second-order valence-corrected chi connectivity index (χ2v) is 14.1. The summed E-state index contributed by atoms with van der Waals surface area (Å²) in [6.07, 6.45) is 0. The van der Waals surface area contributed by atoms with Crippen molar-refractivity contribution in [3.8, 4) is 33.8 Å². The van der Waals surface area contributed by atoms with Gasteiger partial charge in [0.1, 0.15) is 0 Å². The highest BCUT2D eigenvalue weighted by Gasteiger charge is 2.30. The average Bonchev–Trinajstić information content (AvgIpc) is 3.14. The molecule has 8 rings (SSSR count). The molecule has 0 unspecified atom stereocenters. The number of hydrogen-bond acceptors (Lipinski definition) is 3. The third-order valence-corrected chi connectivity index (χ3v) is 11.6. The molecule has 0 fully saturated rings. The molecule has 0 saturated carbocycles. The molecular formula is C42H30NO2P. The van der Waals surface area contributed by atoms with Gasteiger partial charge in [0.2, 0.25) is 0 Å². The Bertz CT molecular complexity index is 2150. The predicted molar refractivity (Wildman–Crippen MR) is 191 cm³/mol. The minimum absolute atomic E-state index is 0.767. The first-order valence-corrected chi connectivity index (χ1v) is 17.1. The molecule has 7 aromatic rings. The largest absolute Gasteiger partial charge is 0.453 e. The van der Waals surface area contributed by atoms with Gasteiger partial charge in [-0.25, -0.2) is 0 Å². The summed E-state index contributed by atoms with van der Waals surface area (Å²) in [6.45, 7) is 0. The molecule has 1 aliphatic rings. The molecule has 0 aliphatic carbocycles. The van der Waals surface area contributed by atoms with Crippen LogP contribution in [0.15, 0.2) is 182 Å². The first kappa shape index (κ1) is 27.9. The molecule has 0 amide bonds. The van der Waals surface area contributed by atoms with Gasteiger partial charge in [-0.3, -0.25) is 0 Å². The van der Waals surface area contributed by atoms with Crippen LogP contribution in [0.1, 0.15) is 0 Å². The maximum Gasteiger partial charge on any atom is 0.171 e. The fourth-order valence-corrected chi connectivity index (χ4v) is 8.95. The second kappa shape index (κ2) is 11.7. The summed E-state index contributed by atoms with van der Waals surface area (Å²) in [6, 6.07) is 61.2. The Hall–Kier alpha value is -5.63. The van der Waals surface area contributed by atoms with Crippen molar-refractivity contribution >= 4 is 40.1 Å². The minimum Gasteiger partial charge on any atom is -0.453 e. The lowest BCUT2D eigenvalue weighted by atomic mass is 10.0. The Morgan fingerprint density at radius 1 is 0.391 bits per heavy atom. The first-order chi connectivity index (χ1) is 22.7. The lowest BCUT2D eigenvalue weighted by Crippen LogP contribution is -2.25. The second-order valence-electron chi connectivity index (χ2n) is 11.3. The SMILES string of the molecule is O=P(c1ccccc1)(c1ccccc1)c1cccc(-c2ccc3c(c2)Oc2ccccc2N3c2ccc(-c3ccccc3)cc2)c1. The van der Waals surface area contributed by atoms with Crippen molar-refractivity contribution in [3.05, 3.63) is 182 Å². The smallest absolute Gasteiger partial charge is 0.171 e. The summed E-state index contributed by atoms with van der Waals surface area (Å²) >= 11 is 0. The zero-order valence-corrected chi connectivity index (χ0v) is 25.9. The van der Waals surface area contributed by atoms with Crippen LogP contribution in [0.3, 0.4) is 0 Å². The van der Waals surface area contributed by atoms with Crippen molar-refractivity contribution < 1.29 is 9.30 Å². The highest BCUT2D eigenvalue weighted by Crippen LogP contribution is 2.51. The van der Waals surface area contributed by atoms with E-state index in [4.69, 9.17) is 4.74 Å². The van der Waals surface area contributed by atoms with Gasteiger partial charge in [0.15, 0.2) is 18.6 Å². The van der Waals surface area contributed by atoms with Gasteiger partial charge < -0.3 is 14.2 Å². The van der Waals surface area contributed by atoms with Crippen LogP contribution in [-0.4, -0.2) is 0 Å². The van der Waals surface area contributed by atoms with Gasteiger partial charge in [-0.15, -0.1) is 0 Å². The number of ether oxygens (including phenoxy) is 1. The van der Waals surface area contributed by atoms with E-state index in [-0.39, 0.29) is 0 Å². The molecule has 220 valence electrons. The molecule has 0 saturated heterocycles. The van der Waals surface area contributed by atoms with Crippen molar-refractivity contribution in [2.45, 2.75) is 0 Å². The van der Waals surface area contributed by atoms with Crippen LogP contribution in [0.2, 0.25) is 0 Å². The maximum absolute atomic E-state index is 15.1. The Labute approximate surface area is 269 Å². The van der Waals surface area contributed by atoms with Crippen molar-refractivity contribution in [2.24, 2.45) is 0 Å². The molecule has 7 aromatic carbocycles. The van der Waals surface area contributed by atoms with Crippen LogP contribution in [0.5, 0.6) is 11.5 Å². The molecule has 1 heterocycles. The van der Waals surface area contributed by atoms with Crippen LogP contribution in [0.25, 0.3) is 22.3 Å². The summed E-state index contributed by atoms with van der Waals surface area (Å²) in [5.74, 6) is 1.56. The Morgan fingerprint density at radius 3 is 1.59 bits per heavy atom. The number of nitrogens with zero attached hydrogens (tertiary/aromatic N) is 1. The molecule has 4 heteroatoms. The summed E-state index contributed by atoms with van der Waals surface area (Å²) in [7, 11) is -3.11. The van der Waals surface area contributed by atoms with Gasteiger partial charge in [0.05, 0.1) is 11.4 Å². The van der Waals surface area contributed by atoms with Crippen molar-refractivity contribution in [3.63, 3.8) is 0 Å². The number of benzene rings is 7. The zero-order chi connectivity index (χ0) is 30.9. The molecule has 0 atom stereocenters. The average molecular weight is 612 g/mol. The van der Waals surface area contributed by atoms with Crippen molar-refractivity contribution in [1.29, 1.82) is 0 Å². The Kier molecular flexibility index (Phi) is 7.10. The van der Waals surface area contributed by atoms with E-state index < -0.39 is 7.14 Å². The Morgan fingerprint density at radius 2 is 0.891 bits per heavy atom. The fraction of sp³-hybridized carbons (Fsp3) is 0. The number of hydrogen-bond donors (Lipinski definition) is 0. The van der Waals surface area contributed by atoms with Gasteiger partial charge in [-0.1, -0.05) is 140 Å². The van der Waals surface area contributed by atoms with E-state index in [0.717, 1.165) is 55.6 Å². The van der Waals surface area contributed by atoms with E-state index in [9.17, 15) is 0 Å². The van der Waals surface area contributed by atoms with E-state index in [1.54, 1.807) is 0 Å². The van der Waals surface area contributed by atoms with Gasteiger partial charge >= 0.3 is 0 Å². The van der Waals surface area contributed by atoms with E-state index in [1.807, 2.05) is 97.1 Å². The third-order valence-electron chi connectivity index (χ3n) is 8.54. The minimum atomic E-state index is -3.11. The zero-order valence-electron chi connectivity index (χ0n) is 25.0. The standard InChI is InChI=1S/C42H30NO2P/c44-46(36-16-6-2-7-17-36,37-18-8-3-9-19-37)38-20-12-15-33(29-38)34-25-28-40-42(30-34)45-41-22-11-10-21-39(41)43(40)35-26-23-32(24-27-35)31-13-4-1-5-14-31/h1-30H. The van der Waals surface area contributed by atoms with Crippen molar-refractivity contribution in [1.82, 2.24) is 0 Å². The van der Waals surface area contributed by atoms with E-state index in [0.29, 0.717) is 0 Å². The maximum atomic E-state index is 15.1. The summed E-state index contributed by atoms with van der Waals surface area (Å²) in [5, 5.41) is 2.43. The van der Waals surface area contributed by atoms with E-state index in [1.165, 1.54) is 11.1 Å². The molecule has 0 radical (unpaired) electrons. The lowest BCUT2D eigenvalue weighted by molar-refractivity contribution is 0.477. The van der Waals surface area contributed by atoms with Crippen LogP contribution in [0.4, 0.5) is 17.1 Å². The first-order valence-electron chi connectivity index (χ1n) is 15.4. The summed E-state index contributed by atoms with van der Waals surface area (Å²) in [5.41, 5.74) is 7.34. The topological polar surface area (TPSA) is 29.5 Å². The van der Waals surface area contributed by atoms with Gasteiger partial charge in [0, 0.05) is 21.6 Å². The molecule has 1 aliphatic heterocycles. The molecule has 0 spiro atoms. The van der Waals surface area contributed by atoms with Gasteiger partial charge in [-0.05, 0) is 64.7 Å². The number of rotatable bonds is 6. The number of anilines is 3. The van der Waals surface area contributed by atoms with E-state index in [2.05, 4.69) is 89.8 Å². The fourth-order valence-electron chi connectivity index (χ4n) is 6.25. The van der Waals surface area contributed by atoms with Crippen molar-refractivity contribution in [2.75, 3.05) is 4.90 Å². The molecular weight excluding hydrogens is 581 g/mol. The van der Waals surface area contributed by atoms with Gasteiger partial charge in [0.25, 0.3) is 0 Å². The van der Waals surface area contributed by atoms with Crippen LogP contribution in [-0.2, 0) is 4.57 Å². The van der Waals surface area contributed by atoms with Gasteiger partial charge in [-0.2, -0.15) is 0 Å².